The fraction of sp³-hybridized carbons (Fsp3) is 0.278. The van der Waals surface area contributed by atoms with Crippen LogP contribution in [0.2, 0.25) is 0 Å². The standard InChI is InChI=1S/C18H19N3O4S/c1-11(22)19-13-5-6-15(25-2)14(8-13)20-17(23)12-9-21(10-12)18(24)16-4-3-7-26-16/h3-8,12H,9-10H2,1-2H3,(H,19,22)(H,20,23). The van der Waals surface area contributed by atoms with E-state index in [9.17, 15) is 14.4 Å². The molecule has 8 heteroatoms. The number of methoxy groups -OCH3 is 1. The average Bonchev–Trinajstić information content (AvgIpc) is 3.07. The van der Waals surface area contributed by atoms with Crippen LogP contribution >= 0.6 is 11.3 Å². The quantitative estimate of drug-likeness (QED) is 0.843. The molecule has 26 heavy (non-hydrogen) atoms. The lowest BCUT2D eigenvalue weighted by molar-refractivity contribution is -0.123. The smallest absolute Gasteiger partial charge is 0.263 e. The second kappa shape index (κ2) is 7.57. The van der Waals surface area contributed by atoms with E-state index in [1.807, 2.05) is 11.4 Å². The molecule has 0 spiro atoms. The van der Waals surface area contributed by atoms with E-state index < -0.39 is 0 Å². The van der Waals surface area contributed by atoms with Crippen molar-refractivity contribution < 1.29 is 19.1 Å². The number of likely N-dealkylation sites (tertiary alicyclic amines) is 1. The van der Waals surface area contributed by atoms with Crippen LogP contribution in [0.25, 0.3) is 0 Å². The molecule has 0 aliphatic carbocycles. The molecular formula is C18H19N3O4S. The number of hydrogen-bond donors (Lipinski definition) is 2. The van der Waals surface area contributed by atoms with Crippen molar-refractivity contribution in [3.63, 3.8) is 0 Å². The van der Waals surface area contributed by atoms with E-state index in [1.165, 1.54) is 25.4 Å². The van der Waals surface area contributed by atoms with Crippen LogP contribution in [0.1, 0.15) is 16.6 Å². The van der Waals surface area contributed by atoms with Crippen molar-refractivity contribution in [3.8, 4) is 5.75 Å². The summed E-state index contributed by atoms with van der Waals surface area (Å²) >= 11 is 1.39. The van der Waals surface area contributed by atoms with Gasteiger partial charge in [-0.25, -0.2) is 0 Å². The number of nitrogens with one attached hydrogen (secondary N) is 2. The van der Waals surface area contributed by atoms with Crippen LogP contribution in [0.3, 0.4) is 0 Å². The monoisotopic (exact) mass is 373 g/mol. The van der Waals surface area contributed by atoms with Crippen LogP contribution in [-0.2, 0) is 9.59 Å². The first-order chi connectivity index (χ1) is 12.5. The van der Waals surface area contributed by atoms with Gasteiger partial charge in [0.05, 0.1) is 23.6 Å². The summed E-state index contributed by atoms with van der Waals surface area (Å²) < 4.78 is 5.26. The van der Waals surface area contributed by atoms with E-state index in [0.29, 0.717) is 35.1 Å². The number of ether oxygens (including phenoxy) is 1. The van der Waals surface area contributed by atoms with Crippen molar-refractivity contribution in [1.82, 2.24) is 4.90 Å². The predicted octanol–water partition coefficient (Wildman–Crippen LogP) is 2.43. The molecule has 1 fully saturated rings. The lowest BCUT2D eigenvalue weighted by Crippen LogP contribution is -2.54. The number of carbonyl (C=O) groups excluding carboxylic acids is 3. The molecule has 1 aromatic carbocycles. The molecule has 2 aromatic rings. The number of thiophene rings is 1. The number of hydrogen-bond acceptors (Lipinski definition) is 5. The van der Waals surface area contributed by atoms with Gasteiger partial charge in [0.15, 0.2) is 0 Å². The highest BCUT2D eigenvalue weighted by Gasteiger charge is 2.36. The van der Waals surface area contributed by atoms with E-state index in [1.54, 1.807) is 29.2 Å². The summed E-state index contributed by atoms with van der Waals surface area (Å²) in [6.07, 6.45) is 0. The van der Waals surface area contributed by atoms with E-state index in [4.69, 9.17) is 4.74 Å². The maximum Gasteiger partial charge on any atom is 0.263 e. The number of rotatable bonds is 5. The summed E-state index contributed by atoms with van der Waals surface area (Å²) in [6.45, 7) is 2.18. The molecule has 7 nitrogen and oxygen atoms in total. The highest BCUT2D eigenvalue weighted by Crippen LogP contribution is 2.29. The second-order valence-electron chi connectivity index (χ2n) is 5.97. The maximum absolute atomic E-state index is 12.5. The summed E-state index contributed by atoms with van der Waals surface area (Å²) in [5.74, 6) is -0.201. The van der Waals surface area contributed by atoms with Gasteiger partial charge in [-0.15, -0.1) is 11.3 Å². The van der Waals surface area contributed by atoms with Crippen LogP contribution < -0.4 is 15.4 Å². The van der Waals surface area contributed by atoms with Crippen molar-refractivity contribution in [2.24, 2.45) is 5.92 Å². The minimum absolute atomic E-state index is 0.0470. The number of carbonyl (C=O) groups is 3. The molecule has 0 atom stereocenters. The van der Waals surface area contributed by atoms with Crippen LogP contribution in [0.15, 0.2) is 35.7 Å². The molecule has 1 saturated heterocycles. The van der Waals surface area contributed by atoms with Crippen molar-refractivity contribution >= 4 is 40.4 Å². The topological polar surface area (TPSA) is 87.7 Å². The summed E-state index contributed by atoms with van der Waals surface area (Å²) in [5, 5.41) is 7.34. The fourth-order valence-electron chi connectivity index (χ4n) is 2.69. The summed E-state index contributed by atoms with van der Waals surface area (Å²) in [7, 11) is 1.51. The molecule has 1 aliphatic heterocycles. The molecular weight excluding hydrogens is 354 g/mol. The molecule has 0 saturated carbocycles. The van der Waals surface area contributed by atoms with Gasteiger partial charge in [0.25, 0.3) is 5.91 Å². The SMILES string of the molecule is COc1ccc(NC(C)=O)cc1NC(=O)C1CN(C(=O)c2cccs2)C1. The van der Waals surface area contributed by atoms with E-state index in [2.05, 4.69) is 10.6 Å². The minimum Gasteiger partial charge on any atom is -0.495 e. The van der Waals surface area contributed by atoms with Crippen molar-refractivity contribution in [3.05, 3.63) is 40.6 Å². The van der Waals surface area contributed by atoms with E-state index in [0.717, 1.165) is 0 Å². The van der Waals surface area contributed by atoms with Gasteiger partial charge in [0.2, 0.25) is 11.8 Å². The highest BCUT2D eigenvalue weighted by atomic mass is 32.1. The highest BCUT2D eigenvalue weighted by molar-refractivity contribution is 7.12. The third-order valence-corrected chi connectivity index (χ3v) is 4.91. The van der Waals surface area contributed by atoms with Crippen molar-refractivity contribution in [1.29, 1.82) is 0 Å². The Bertz CT molecular complexity index is 829. The van der Waals surface area contributed by atoms with Gasteiger partial charge in [-0.05, 0) is 29.6 Å². The predicted molar refractivity (Wildman–Crippen MR) is 99.6 cm³/mol. The van der Waals surface area contributed by atoms with E-state index >= 15 is 0 Å². The average molecular weight is 373 g/mol. The number of benzene rings is 1. The zero-order valence-corrected chi connectivity index (χ0v) is 15.3. The minimum atomic E-state index is -0.270. The molecule has 0 bridgehead atoms. The Hall–Kier alpha value is -2.87. The van der Waals surface area contributed by atoms with E-state index in [-0.39, 0.29) is 23.6 Å². The summed E-state index contributed by atoms with van der Waals surface area (Å²) in [5.41, 5.74) is 1.04. The normalized spacial score (nSPS) is 13.7. The molecule has 136 valence electrons. The maximum atomic E-state index is 12.5. The number of nitrogens with zero attached hydrogens (tertiary/aromatic N) is 1. The largest absolute Gasteiger partial charge is 0.495 e. The van der Waals surface area contributed by atoms with Crippen molar-refractivity contribution in [2.45, 2.75) is 6.92 Å². The first-order valence-electron chi connectivity index (χ1n) is 8.07. The zero-order chi connectivity index (χ0) is 18.7. The Morgan fingerprint density at radius 2 is 1.96 bits per heavy atom. The Labute approximate surface area is 155 Å². The lowest BCUT2D eigenvalue weighted by Gasteiger charge is -2.38. The molecule has 1 aromatic heterocycles. The Balaban J connectivity index is 1.62. The van der Waals surface area contributed by atoms with Gasteiger partial charge in [-0.1, -0.05) is 6.07 Å². The van der Waals surface area contributed by atoms with Crippen LogP contribution in [0.5, 0.6) is 5.75 Å². The Morgan fingerprint density at radius 1 is 1.19 bits per heavy atom. The third-order valence-electron chi connectivity index (χ3n) is 4.05. The van der Waals surface area contributed by atoms with Crippen molar-refractivity contribution in [2.75, 3.05) is 30.8 Å². The van der Waals surface area contributed by atoms with Crippen LogP contribution in [0.4, 0.5) is 11.4 Å². The molecule has 2 heterocycles. The molecule has 1 aliphatic rings. The second-order valence-corrected chi connectivity index (χ2v) is 6.92. The molecule has 3 rings (SSSR count). The first kappa shape index (κ1) is 17.9. The fourth-order valence-corrected chi connectivity index (χ4v) is 3.38. The van der Waals surface area contributed by atoms with Gasteiger partial charge in [-0.2, -0.15) is 0 Å². The van der Waals surface area contributed by atoms with Crippen LogP contribution in [-0.4, -0.2) is 42.8 Å². The van der Waals surface area contributed by atoms with Gasteiger partial charge in [0, 0.05) is 25.7 Å². The number of anilines is 2. The first-order valence-corrected chi connectivity index (χ1v) is 8.95. The van der Waals surface area contributed by atoms with Crippen LogP contribution in [0, 0.1) is 5.92 Å². The van der Waals surface area contributed by atoms with Gasteiger partial charge < -0.3 is 20.3 Å². The molecule has 0 unspecified atom stereocenters. The zero-order valence-electron chi connectivity index (χ0n) is 14.4. The van der Waals surface area contributed by atoms with Gasteiger partial charge in [-0.3, -0.25) is 14.4 Å². The number of amides is 3. The Kier molecular flexibility index (Phi) is 5.22. The summed E-state index contributed by atoms with van der Waals surface area (Å²) in [4.78, 5) is 38.2. The Morgan fingerprint density at radius 3 is 2.58 bits per heavy atom. The van der Waals surface area contributed by atoms with Gasteiger partial charge >= 0.3 is 0 Å². The third kappa shape index (κ3) is 3.85. The lowest BCUT2D eigenvalue weighted by atomic mass is 9.98. The summed E-state index contributed by atoms with van der Waals surface area (Å²) in [6, 6.07) is 8.62. The molecule has 3 amide bonds. The molecule has 0 radical (unpaired) electrons. The molecule has 2 N–H and O–H groups in total. The van der Waals surface area contributed by atoms with Gasteiger partial charge in [0.1, 0.15) is 5.75 Å².